The van der Waals surface area contributed by atoms with Gasteiger partial charge in [-0.05, 0) is 31.5 Å². The molecule has 3 heterocycles. The Balaban J connectivity index is 1.85. The van der Waals surface area contributed by atoms with Crippen molar-refractivity contribution in [2.24, 2.45) is 11.3 Å². The lowest BCUT2D eigenvalue weighted by Crippen LogP contribution is -2.81. The maximum Gasteiger partial charge on any atom is 0.384 e. The minimum Gasteiger partial charge on any atom is -0.486 e. The Hall–Kier alpha value is -2.98. The molecule has 0 aliphatic carbocycles. The van der Waals surface area contributed by atoms with E-state index in [0.717, 1.165) is 0 Å². The zero-order valence-corrected chi connectivity index (χ0v) is 23.3. The number of fused-ring (bicyclic) bond motifs is 2. The molecular formula is C29H34ClN2O7+. The first kappa shape index (κ1) is 27.6. The van der Waals surface area contributed by atoms with Crippen LogP contribution in [0.2, 0.25) is 5.02 Å². The number of ether oxygens (including phenoxy) is 3. The van der Waals surface area contributed by atoms with E-state index in [1.807, 2.05) is 32.9 Å². The number of ketones is 1. The smallest absolute Gasteiger partial charge is 0.384 e. The molecule has 5 rings (SSSR count). The predicted molar refractivity (Wildman–Crippen MR) is 145 cm³/mol. The summed E-state index contributed by atoms with van der Waals surface area (Å²) in [6.45, 7) is 7.99. The number of quaternary nitrogens is 1. The topological polar surface area (TPSA) is 111 Å². The van der Waals surface area contributed by atoms with Gasteiger partial charge in [0.1, 0.15) is 36.7 Å². The molecule has 0 spiro atoms. The fraction of sp³-hybridized carbons (Fsp3) is 0.483. The number of halogens is 1. The third kappa shape index (κ3) is 4.32. The highest BCUT2D eigenvalue weighted by Crippen LogP contribution is 2.52. The zero-order valence-electron chi connectivity index (χ0n) is 22.6. The van der Waals surface area contributed by atoms with E-state index in [1.165, 1.54) is 6.92 Å². The van der Waals surface area contributed by atoms with Crippen molar-refractivity contribution < 1.29 is 33.7 Å². The van der Waals surface area contributed by atoms with Gasteiger partial charge in [0.2, 0.25) is 0 Å². The summed E-state index contributed by atoms with van der Waals surface area (Å²) in [7, 11) is 0. The van der Waals surface area contributed by atoms with Crippen molar-refractivity contribution in [2.45, 2.75) is 45.9 Å². The number of amides is 1. The SMILES string of the molecule is CC(=O)[C@H]1CCN[C@]1(C(=O)O)[N@+]1(CC(C)(C)C)C(=O)COC(c2cccc3c2OCCO3)c2cc(Cl)ccc21. The molecule has 3 aliphatic rings. The molecule has 0 radical (unpaired) electrons. The Morgan fingerprint density at radius 3 is 2.59 bits per heavy atom. The molecule has 9 nitrogen and oxygen atoms in total. The van der Waals surface area contributed by atoms with E-state index in [4.69, 9.17) is 25.8 Å². The van der Waals surface area contributed by atoms with Gasteiger partial charge < -0.3 is 19.3 Å². The molecule has 39 heavy (non-hydrogen) atoms. The second kappa shape index (κ2) is 9.89. The van der Waals surface area contributed by atoms with Gasteiger partial charge in [0.05, 0.1) is 6.54 Å². The van der Waals surface area contributed by atoms with Gasteiger partial charge >= 0.3 is 11.9 Å². The van der Waals surface area contributed by atoms with Gasteiger partial charge in [0.15, 0.2) is 18.1 Å². The van der Waals surface area contributed by atoms with Gasteiger partial charge in [-0.2, -0.15) is 4.48 Å². The number of hydrogen-bond donors (Lipinski definition) is 2. The number of Topliss-reactive ketones (excluding diaryl/α,β-unsaturated/α-hetero) is 1. The molecule has 208 valence electrons. The Morgan fingerprint density at radius 2 is 1.90 bits per heavy atom. The normalized spacial score (nSPS) is 28.5. The average Bonchev–Trinajstić information content (AvgIpc) is 3.30. The molecule has 1 saturated heterocycles. The van der Waals surface area contributed by atoms with E-state index in [1.54, 1.807) is 24.3 Å². The number of carboxylic acids is 1. The monoisotopic (exact) mass is 557 g/mol. The predicted octanol–water partition coefficient (Wildman–Crippen LogP) is 4.09. The summed E-state index contributed by atoms with van der Waals surface area (Å²) < 4.78 is 17.5. The molecule has 2 N–H and O–H groups in total. The fourth-order valence-electron chi connectivity index (χ4n) is 6.55. The molecule has 1 unspecified atom stereocenters. The van der Waals surface area contributed by atoms with Crippen LogP contribution in [0, 0.1) is 11.3 Å². The summed E-state index contributed by atoms with van der Waals surface area (Å²) in [6, 6.07) is 10.5. The molecule has 0 saturated carbocycles. The van der Waals surface area contributed by atoms with Crippen LogP contribution in [0.5, 0.6) is 11.5 Å². The van der Waals surface area contributed by atoms with Gasteiger partial charge in [-0.3, -0.25) is 10.1 Å². The van der Waals surface area contributed by atoms with Crippen LogP contribution in [0.3, 0.4) is 0 Å². The number of aliphatic carboxylic acids is 1. The molecule has 0 bridgehead atoms. The summed E-state index contributed by atoms with van der Waals surface area (Å²) in [6.07, 6.45) is -0.508. The summed E-state index contributed by atoms with van der Waals surface area (Å²) in [5, 5.41) is 14.5. The number of carbonyl (C=O) groups excluding carboxylic acids is 2. The van der Waals surface area contributed by atoms with E-state index in [9.17, 15) is 19.5 Å². The maximum atomic E-state index is 14.5. The van der Waals surface area contributed by atoms with Crippen LogP contribution in [-0.4, -0.2) is 61.3 Å². The molecular weight excluding hydrogens is 524 g/mol. The lowest BCUT2D eigenvalue weighted by Gasteiger charge is -2.50. The first-order valence-electron chi connectivity index (χ1n) is 13.1. The van der Waals surface area contributed by atoms with Crippen molar-refractivity contribution in [1.29, 1.82) is 0 Å². The number of nitrogens with zero attached hydrogens (tertiary/aromatic N) is 1. The Bertz CT molecular complexity index is 1340. The van der Waals surface area contributed by atoms with Crippen molar-refractivity contribution in [3.8, 4) is 11.5 Å². The second-order valence-corrected chi connectivity index (χ2v) is 12.1. The van der Waals surface area contributed by atoms with E-state index >= 15 is 0 Å². The van der Waals surface area contributed by atoms with E-state index in [-0.39, 0.29) is 25.5 Å². The maximum absolute atomic E-state index is 14.5. The third-order valence-electron chi connectivity index (χ3n) is 7.82. The molecule has 2 aromatic carbocycles. The number of hydrogen-bond acceptors (Lipinski definition) is 7. The van der Waals surface area contributed by atoms with Gasteiger partial charge in [0.25, 0.3) is 5.66 Å². The van der Waals surface area contributed by atoms with Gasteiger partial charge in [-0.1, -0.05) is 44.5 Å². The zero-order chi connectivity index (χ0) is 28.2. The highest BCUT2D eigenvalue weighted by atomic mass is 35.5. The molecule has 10 heteroatoms. The highest BCUT2D eigenvalue weighted by molar-refractivity contribution is 6.30. The molecule has 4 atom stereocenters. The summed E-state index contributed by atoms with van der Waals surface area (Å²) in [5.41, 5.74) is -0.849. The molecule has 1 fully saturated rings. The average molecular weight is 558 g/mol. The number of nitrogens with one attached hydrogen (secondary N) is 1. The van der Waals surface area contributed by atoms with Crippen molar-refractivity contribution >= 4 is 34.9 Å². The Labute approximate surface area is 232 Å². The minimum absolute atomic E-state index is 0.103. The van der Waals surface area contributed by atoms with Crippen LogP contribution in [0.15, 0.2) is 36.4 Å². The Morgan fingerprint density at radius 1 is 1.15 bits per heavy atom. The first-order chi connectivity index (χ1) is 18.4. The molecule has 2 aromatic rings. The van der Waals surface area contributed by atoms with Crippen LogP contribution in [0.4, 0.5) is 5.69 Å². The highest BCUT2D eigenvalue weighted by Gasteiger charge is 2.71. The van der Waals surface area contributed by atoms with E-state index in [2.05, 4.69) is 5.32 Å². The van der Waals surface area contributed by atoms with Crippen LogP contribution in [-0.2, 0) is 19.1 Å². The van der Waals surface area contributed by atoms with Crippen molar-refractivity contribution in [3.63, 3.8) is 0 Å². The minimum atomic E-state index is -1.94. The van der Waals surface area contributed by atoms with Crippen LogP contribution in [0.25, 0.3) is 0 Å². The molecule has 0 aromatic heterocycles. The van der Waals surface area contributed by atoms with Crippen molar-refractivity contribution in [1.82, 2.24) is 9.80 Å². The summed E-state index contributed by atoms with van der Waals surface area (Å²) >= 11 is 6.54. The second-order valence-electron chi connectivity index (χ2n) is 11.6. The Kier molecular flexibility index (Phi) is 6.99. The van der Waals surface area contributed by atoms with Gasteiger partial charge in [-0.15, -0.1) is 0 Å². The third-order valence-corrected chi connectivity index (χ3v) is 8.06. The number of carboxylic acid groups (broad SMARTS) is 1. The number of benzene rings is 2. The van der Waals surface area contributed by atoms with Crippen molar-refractivity contribution in [3.05, 3.63) is 52.5 Å². The lowest BCUT2D eigenvalue weighted by atomic mass is 9.81. The van der Waals surface area contributed by atoms with Gasteiger partial charge in [0, 0.05) is 34.2 Å². The quantitative estimate of drug-likeness (QED) is 0.529. The number of para-hydroxylation sites is 1. The lowest BCUT2D eigenvalue weighted by molar-refractivity contribution is -0.168. The van der Waals surface area contributed by atoms with Crippen LogP contribution in [0.1, 0.15) is 51.3 Å². The first-order valence-corrected chi connectivity index (χ1v) is 13.5. The van der Waals surface area contributed by atoms with Crippen molar-refractivity contribution in [2.75, 3.05) is 32.9 Å². The summed E-state index contributed by atoms with van der Waals surface area (Å²) in [4.78, 5) is 41.0. The van der Waals surface area contributed by atoms with Gasteiger partial charge in [-0.25, -0.2) is 9.59 Å². The number of carbonyl (C=O) groups is 3. The van der Waals surface area contributed by atoms with E-state index < -0.39 is 39.5 Å². The molecule has 3 aliphatic heterocycles. The van der Waals surface area contributed by atoms with Crippen LogP contribution < -0.4 is 19.3 Å². The standard InChI is InChI=1S/C29H33ClN2O7/c1-17(33)21-10-11-31-29(21,27(35)36)32(16-28(2,3)4)22-9-8-18(30)14-20(22)25(39-15-24(32)34)19-6-5-7-23-26(19)38-13-12-37-23/h5-9,14,21,25,31H,10-13,15-16H2,1-4H3/p+1/t21-,25?,29+,32+/m1/s1. The summed E-state index contributed by atoms with van der Waals surface area (Å²) in [5.74, 6) is -1.87. The fourth-order valence-corrected chi connectivity index (χ4v) is 6.73. The van der Waals surface area contributed by atoms with Crippen LogP contribution >= 0.6 is 11.6 Å². The largest absolute Gasteiger partial charge is 0.486 e. The molecule has 1 amide bonds. The van der Waals surface area contributed by atoms with E-state index in [0.29, 0.717) is 53.0 Å². The number of rotatable bonds is 5.